The van der Waals surface area contributed by atoms with E-state index in [4.69, 9.17) is 94.1 Å². The third-order valence-electron chi connectivity index (χ3n) is 12.7. The Kier molecular flexibility index (Phi) is 11.0. The van der Waals surface area contributed by atoms with Crippen molar-refractivity contribution in [2.45, 2.75) is 156 Å². The highest BCUT2D eigenvalue weighted by molar-refractivity contribution is 5.74. The van der Waals surface area contributed by atoms with Crippen molar-refractivity contribution < 1.29 is 74.4 Å². The van der Waals surface area contributed by atoms with E-state index in [9.17, 15) is 0 Å². The molecule has 3 heterocycles. The molecule has 18 nitrogen and oxygen atoms in total. The Labute approximate surface area is 575 Å². The smallest absolute Gasteiger partial charge is 0.256 e. The number of ether oxygens (including phenoxy) is 3. The van der Waals surface area contributed by atoms with Crippen molar-refractivity contribution in [2.24, 2.45) is 0 Å². The van der Waals surface area contributed by atoms with E-state index in [0.717, 1.165) is 6.92 Å². The minimum Gasteiger partial charge on any atom is -0.502 e. The van der Waals surface area contributed by atoms with Crippen molar-refractivity contribution >= 4 is 17.1 Å². The lowest BCUT2D eigenvalue weighted by Crippen LogP contribution is -2.19. The van der Waals surface area contributed by atoms with Crippen LogP contribution in [0, 0.1) is 19.7 Å². The fraction of sp³-hybridized carbons (Fsp3) is 0.375. The van der Waals surface area contributed by atoms with E-state index in [-0.39, 0.29) is 98.3 Å². The van der Waals surface area contributed by atoms with E-state index in [1.54, 1.807) is 0 Å². The largest absolute Gasteiger partial charge is 0.502 e. The molecule has 3 atom stereocenters. The normalized spacial score (nSPS) is 24.0. The van der Waals surface area contributed by atoms with Crippen molar-refractivity contribution in [3.8, 4) is 85.8 Å². The highest BCUT2D eigenvalue weighted by Crippen LogP contribution is 2.42. The molecule has 6 aromatic carbocycles. The first-order valence-electron chi connectivity index (χ1n) is 44.6. The fourth-order valence-electron chi connectivity index (χ4n) is 8.86. The zero-order chi connectivity index (χ0) is 93.4. The second-order valence-electron chi connectivity index (χ2n) is 19.9. The summed E-state index contributed by atoms with van der Waals surface area (Å²) in [6.07, 6.45) is -15.9. The van der Waals surface area contributed by atoms with E-state index in [1.807, 2.05) is 6.92 Å². The van der Waals surface area contributed by atoms with Gasteiger partial charge in [-0.25, -0.2) is 14.5 Å². The highest BCUT2D eigenvalue weighted by Gasteiger charge is 2.30. The van der Waals surface area contributed by atoms with E-state index >= 15 is 0 Å². The number of fused-ring (bicyclic) bond motifs is 3. The monoisotopic (exact) mass is 1240 g/mol. The Morgan fingerprint density at radius 1 is 0.533 bits per heavy atom. The number of hydrogen-bond donors (Lipinski definition) is 3. The number of hydrogen-bond acceptors (Lipinski definition) is 15. The van der Waals surface area contributed by atoms with Crippen LogP contribution in [0.3, 0.4) is 0 Å². The molecule has 0 unspecified atom stereocenters. The Morgan fingerprint density at radius 2 is 0.922 bits per heavy atom. The Bertz CT molecular complexity index is 5950. The van der Waals surface area contributed by atoms with E-state index in [0.29, 0.717) is 13.0 Å². The minimum atomic E-state index is -2.67. The van der Waals surface area contributed by atoms with Gasteiger partial charge in [0.1, 0.15) is 17.2 Å². The number of rotatable bonds is 21. The molecule has 0 radical (unpaired) electrons. The zero-order valence-corrected chi connectivity index (χ0v) is 49.9. The van der Waals surface area contributed by atoms with Crippen molar-refractivity contribution in [1.29, 1.82) is 0 Å². The van der Waals surface area contributed by atoms with Crippen molar-refractivity contribution in [1.82, 2.24) is 46.4 Å². The van der Waals surface area contributed by atoms with Crippen LogP contribution in [0.1, 0.15) is 199 Å². The Morgan fingerprint density at radius 3 is 1.30 bits per heavy atom. The number of aromatic nitrogens is 6. The molecule has 3 aliphatic rings. The van der Waals surface area contributed by atoms with Crippen molar-refractivity contribution in [3.63, 3.8) is 0 Å². The molecule has 0 amide bonds. The summed E-state index contributed by atoms with van der Waals surface area (Å²) < 4.78 is 316. The van der Waals surface area contributed by atoms with Gasteiger partial charge in [-0.05, 0) is 206 Å². The van der Waals surface area contributed by atoms with E-state index in [2.05, 4.69) is 60.9 Å². The molecule has 3 N–H and O–H groups in total. The number of nitrogens with one attached hydrogen (secondary N) is 3. The van der Waals surface area contributed by atoms with Crippen LogP contribution >= 0.6 is 0 Å². The summed E-state index contributed by atoms with van der Waals surface area (Å²) in [5, 5.41) is 19.7. The third kappa shape index (κ3) is 14.6. The molecular weight excluding hydrogens is 1130 g/mol. The predicted molar refractivity (Wildman–Crippen MR) is 350 cm³/mol. The molecule has 0 saturated heterocycles. The van der Waals surface area contributed by atoms with Crippen LogP contribution < -0.4 is 30.2 Å². The van der Waals surface area contributed by atoms with Gasteiger partial charge in [-0.15, -0.1) is 0 Å². The summed E-state index contributed by atoms with van der Waals surface area (Å²) in [6.45, 7) is 32.4. The van der Waals surface area contributed by atoms with Gasteiger partial charge in [0.25, 0.3) is 17.7 Å². The van der Waals surface area contributed by atoms with Crippen molar-refractivity contribution in [2.75, 3.05) is 19.6 Å². The summed E-state index contributed by atoms with van der Waals surface area (Å²) in [7, 11) is 0. The first-order valence-corrected chi connectivity index (χ1v) is 27.6. The van der Waals surface area contributed by atoms with Gasteiger partial charge in [0.05, 0.1) is 64.0 Å². The third-order valence-corrected chi connectivity index (χ3v) is 12.7. The summed E-state index contributed by atoms with van der Waals surface area (Å²) in [4.78, 5) is 22.3. The van der Waals surface area contributed by atoms with Crippen LogP contribution in [0.5, 0.6) is 17.2 Å². The predicted octanol–water partition coefficient (Wildman–Crippen LogP) is 17.2. The molecule has 90 heavy (non-hydrogen) atoms. The van der Waals surface area contributed by atoms with Gasteiger partial charge >= 0.3 is 0 Å². The quantitative estimate of drug-likeness (QED) is 0.0575. The van der Waals surface area contributed by atoms with Crippen LogP contribution in [0.15, 0.2) is 122 Å². The minimum absolute atomic E-state index is 0.0761. The lowest BCUT2D eigenvalue weighted by Gasteiger charge is -2.13. The van der Waals surface area contributed by atoms with Crippen LogP contribution in [0.2, 0.25) is 0 Å². The van der Waals surface area contributed by atoms with E-state index < -0.39 is 247 Å². The molecule has 0 fully saturated rings. The Hall–Kier alpha value is -9.51. The summed E-state index contributed by atoms with van der Waals surface area (Å²) in [5.74, 6) is -3.91. The van der Waals surface area contributed by atoms with Crippen LogP contribution in [-0.4, -0.2) is 68.2 Å². The summed E-state index contributed by atoms with van der Waals surface area (Å²) in [5.41, 5.74) is -4.20. The zero-order valence-electron chi connectivity index (χ0n) is 83.9. The maximum absolute atomic E-state index is 8.93. The average molecular weight is 1240 g/mol. The molecule has 3 aromatic heterocycles. The molecule has 0 spiro atoms. The summed E-state index contributed by atoms with van der Waals surface area (Å²) >= 11 is 0. The maximum atomic E-state index is 8.93. The average Bonchev–Trinajstić information content (AvgIpc) is 1.56. The Balaban J connectivity index is 0.000000195. The molecule has 0 aliphatic heterocycles. The molecule has 9 aromatic rings. The SMILES string of the molecule is [2H]c1c([2H])c(-c2noc(-c3c([2H])c([2H])c(OC([2H])(C)C)c([N+]#[C-])c3[2H])n2)c2c(c1[2H])[C@@H](NC([2H])([2H])C([2H])([2H])C)CC2([2H])[2H].[2H]c1c([2H])c(-c2noc(-c3c([2H])c([2H])c(OC([2H])(C)C)c([N+]#[C-])c3[2H])n2)c2c(c1[2H])[C@@H](NCC([2H])([2H])C)CC2([2H])[2H].[2H]c1c([2H])c(-c2noc(-c3c([2H])c([2H])c(OC([2H])(C)C)c([N+]#[C-])c3[2H])n2)c2c(c1[2H])[C@@]([2H])(NCCC)CC2([2H])[2H]. The van der Waals surface area contributed by atoms with Crippen LogP contribution in [0.25, 0.3) is 83.1 Å². The van der Waals surface area contributed by atoms with Gasteiger partial charge in [0.15, 0.2) is 0 Å². The van der Waals surface area contributed by atoms with Gasteiger partial charge in [-0.3, -0.25) is 0 Å². The highest BCUT2D eigenvalue weighted by atomic mass is 16.5. The molecule has 0 bridgehead atoms. The second-order valence-corrected chi connectivity index (χ2v) is 19.9. The molecular formula is C72H78N12O6. The molecule has 3 aliphatic carbocycles. The van der Waals surface area contributed by atoms with Crippen LogP contribution in [0.4, 0.5) is 17.1 Å². The van der Waals surface area contributed by atoms with Crippen LogP contribution in [-0.2, 0) is 19.1 Å². The van der Waals surface area contributed by atoms with Gasteiger partial charge in [0, 0.05) is 72.0 Å². The fourth-order valence-corrected chi connectivity index (χ4v) is 8.86. The number of benzene rings is 6. The first kappa shape index (κ1) is 33.4. The number of nitrogens with zero attached hydrogens (tertiary/aromatic N) is 9. The molecule has 462 valence electrons. The molecule has 18 heteroatoms. The van der Waals surface area contributed by atoms with Gasteiger partial charge in [-0.2, -0.15) is 15.0 Å². The molecule has 12 rings (SSSR count). The lowest BCUT2D eigenvalue weighted by atomic mass is 10.0. The summed E-state index contributed by atoms with van der Waals surface area (Å²) in [6, 6.07) is -14.1. The van der Waals surface area contributed by atoms with Gasteiger partial charge in [0.2, 0.25) is 34.5 Å². The van der Waals surface area contributed by atoms with Gasteiger partial charge < -0.3 is 43.7 Å². The van der Waals surface area contributed by atoms with Crippen molar-refractivity contribution in [3.05, 3.63) is 176 Å². The maximum Gasteiger partial charge on any atom is 0.256 e. The second kappa shape index (κ2) is 29.7. The topological polar surface area (TPSA) is 194 Å². The first-order chi connectivity index (χ1) is 56.8. The molecule has 0 saturated carbocycles. The lowest BCUT2D eigenvalue weighted by molar-refractivity contribution is 0.244. The van der Waals surface area contributed by atoms with E-state index in [1.165, 1.54) is 48.5 Å². The van der Waals surface area contributed by atoms with Gasteiger partial charge in [-0.1, -0.05) is 90.6 Å². The standard InChI is InChI=1S/3C24H26N4O2/c3*1-5-13-26-20-11-10-17-18(20)7-6-8-19(17)23-27-24(30-28-23)16-9-12-22(29-15(2)3)21(14-16)25-4/h3*6-9,12,14-15,20,26H,5,10-11,13H2,1-3H3/t3*20-/m000/s1/i5D2,6D,7D,8D,9D,10D2,12D,13D2,14D,15D;6D,7D,8D,9D,10D2,12D,14D,15D,20D;5D2,6D,7D,8D,9D,10D2,12D,14D,15D.